The van der Waals surface area contributed by atoms with Crippen molar-refractivity contribution >= 4 is 28.1 Å². The number of pyridine rings is 1. The highest BCUT2D eigenvalue weighted by Crippen LogP contribution is 2.38. The molecule has 3 aromatic carbocycles. The highest BCUT2D eigenvalue weighted by atomic mass is 19.1. The SMILES string of the molecule is COc1cc2c(Oc3ccc(NC(=O)c4cc(-c5ccccc5)n5nccc5n4)cc3F)ccnc2cc1OCCCN1CCOCC1. The summed E-state index contributed by atoms with van der Waals surface area (Å²) in [5, 5.41) is 7.70. The summed E-state index contributed by atoms with van der Waals surface area (Å²) in [5.41, 5.74) is 3.12. The molecular formula is C36H33FN6O5. The van der Waals surface area contributed by atoms with E-state index in [0.29, 0.717) is 46.1 Å². The molecule has 0 radical (unpaired) electrons. The van der Waals surface area contributed by atoms with Crippen molar-refractivity contribution in [2.75, 3.05) is 51.9 Å². The molecule has 0 atom stereocenters. The van der Waals surface area contributed by atoms with Crippen LogP contribution in [0.3, 0.4) is 0 Å². The van der Waals surface area contributed by atoms with E-state index in [0.717, 1.165) is 44.8 Å². The Morgan fingerprint density at radius 3 is 2.60 bits per heavy atom. The molecule has 0 bridgehead atoms. The second kappa shape index (κ2) is 14.0. The number of benzene rings is 3. The summed E-state index contributed by atoms with van der Waals surface area (Å²) in [6.07, 6.45) is 4.07. The van der Waals surface area contributed by atoms with Crippen molar-refractivity contribution < 1.29 is 28.1 Å². The standard InChI is InChI=1S/C36H33FN6O5/c1-45-33-21-26-28(23-34(33)47-17-5-14-42-15-18-46-19-16-42)38-12-10-31(26)48-32-9-8-25(20-27(32)37)40-36(44)29-22-30(24-6-3-2-4-7-24)43-35(41-29)11-13-39-43/h2-4,6-13,20-23H,5,14-19H2,1H3,(H,40,44). The van der Waals surface area contributed by atoms with Crippen LogP contribution in [0.2, 0.25) is 0 Å². The molecule has 0 aliphatic carbocycles. The third-order valence-corrected chi connectivity index (χ3v) is 8.04. The molecule has 0 unspecified atom stereocenters. The van der Waals surface area contributed by atoms with Gasteiger partial charge in [-0.25, -0.2) is 13.9 Å². The van der Waals surface area contributed by atoms with Gasteiger partial charge in [0, 0.05) is 60.7 Å². The van der Waals surface area contributed by atoms with Crippen molar-refractivity contribution in [2.24, 2.45) is 0 Å². The largest absolute Gasteiger partial charge is 0.493 e. The van der Waals surface area contributed by atoms with Gasteiger partial charge in [0.15, 0.2) is 28.7 Å². The zero-order chi connectivity index (χ0) is 32.9. The van der Waals surface area contributed by atoms with E-state index < -0.39 is 11.7 Å². The van der Waals surface area contributed by atoms with Crippen molar-refractivity contribution in [1.29, 1.82) is 0 Å². The normalized spacial score (nSPS) is 13.5. The number of fused-ring (bicyclic) bond motifs is 2. The molecule has 244 valence electrons. The number of carbonyl (C=O) groups excluding carboxylic acids is 1. The number of amides is 1. The van der Waals surface area contributed by atoms with E-state index in [1.807, 2.05) is 30.3 Å². The number of morpholine rings is 1. The molecule has 7 rings (SSSR count). The Hall–Kier alpha value is -5.59. The van der Waals surface area contributed by atoms with E-state index in [1.54, 1.807) is 60.4 Å². The Balaban J connectivity index is 1.05. The average molecular weight is 649 g/mol. The van der Waals surface area contributed by atoms with Crippen LogP contribution in [0.4, 0.5) is 10.1 Å². The molecule has 1 fully saturated rings. The number of methoxy groups -OCH3 is 1. The predicted molar refractivity (Wildman–Crippen MR) is 179 cm³/mol. The maximum absolute atomic E-state index is 15.4. The first-order valence-electron chi connectivity index (χ1n) is 15.6. The second-order valence-electron chi connectivity index (χ2n) is 11.2. The van der Waals surface area contributed by atoms with Crippen LogP contribution >= 0.6 is 0 Å². The first-order chi connectivity index (χ1) is 23.6. The van der Waals surface area contributed by atoms with E-state index in [4.69, 9.17) is 18.9 Å². The molecule has 1 N–H and O–H groups in total. The number of aromatic nitrogens is 4. The number of nitrogens with zero attached hydrogens (tertiary/aromatic N) is 5. The number of carbonyl (C=O) groups is 1. The van der Waals surface area contributed by atoms with Crippen LogP contribution in [-0.4, -0.2) is 77.0 Å². The highest BCUT2D eigenvalue weighted by molar-refractivity contribution is 6.03. The van der Waals surface area contributed by atoms with E-state index in [-0.39, 0.29) is 17.1 Å². The molecule has 6 aromatic rings. The Morgan fingerprint density at radius 2 is 1.79 bits per heavy atom. The summed E-state index contributed by atoms with van der Waals surface area (Å²) >= 11 is 0. The van der Waals surface area contributed by atoms with Gasteiger partial charge < -0.3 is 24.3 Å². The first kappa shape index (κ1) is 31.0. The molecule has 11 nitrogen and oxygen atoms in total. The van der Waals surface area contributed by atoms with Gasteiger partial charge >= 0.3 is 0 Å². The molecule has 1 aliphatic rings. The smallest absolute Gasteiger partial charge is 0.274 e. The lowest BCUT2D eigenvalue weighted by atomic mass is 10.1. The minimum absolute atomic E-state index is 0.0203. The van der Waals surface area contributed by atoms with Crippen LogP contribution in [-0.2, 0) is 4.74 Å². The fraction of sp³-hybridized carbons (Fsp3) is 0.222. The fourth-order valence-corrected chi connectivity index (χ4v) is 5.60. The van der Waals surface area contributed by atoms with Crippen LogP contribution in [0.25, 0.3) is 27.8 Å². The Labute approximate surface area is 275 Å². The maximum Gasteiger partial charge on any atom is 0.274 e. The number of nitrogens with one attached hydrogen (secondary N) is 1. The summed E-state index contributed by atoms with van der Waals surface area (Å²) in [6, 6.07) is 22.4. The van der Waals surface area contributed by atoms with Gasteiger partial charge in [-0.15, -0.1) is 0 Å². The van der Waals surface area contributed by atoms with Crippen LogP contribution < -0.4 is 19.5 Å². The zero-order valence-electron chi connectivity index (χ0n) is 26.3. The molecule has 0 spiro atoms. The number of ether oxygens (including phenoxy) is 4. The molecule has 0 saturated carbocycles. The van der Waals surface area contributed by atoms with Gasteiger partial charge in [0.25, 0.3) is 5.91 Å². The lowest BCUT2D eigenvalue weighted by Crippen LogP contribution is -2.37. The number of halogens is 1. The average Bonchev–Trinajstić information content (AvgIpc) is 3.60. The summed E-state index contributed by atoms with van der Waals surface area (Å²) in [5.74, 6) is 0.307. The van der Waals surface area contributed by atoms with Gasteiger partial charge in [-0.1, -0.05) is 30.3 Å². The minimum Gasteiger partial charge on any atom is -0.493 e. The Kier molecular flexibility index (Phi) is 9.07. The quantitative estimate of drug-likeness (QED) is 0.163. The number of hydrogen-bond acceptors (Lipinski definition) is 9. The van der Waals surface area contributed by atoms with Crippen molar-refractivity contribution in [3.8, 4) is 34.3 Å². The second-order valence-corrected chi connectivity index (χ2v) is 11.2. The zero-order valence-corrected chi connectivity index (χ0v) is 26.3. The van der Waals surface area contributed by atoms with Gasteiger partial charge in [-0.05, 0) is 36.8 Å². The number of anilines is 1. The molecular weight excluding hydrogens is 615 g/mol. The van der Waals surface area contributed by atoms with Crippen molar-refractivity contribution in [3.05, 3.63) is 103 Å². The lowest BCUT2D eigenvalue weighted by molar-refractivity contribution is 0.0357. The Bertz CT molecular complexity index is 2070. The van der Waals surface area contributed by atoms with Gasteiger partial charge in [0.2, 0.25) is 0 Å². The van der Waals surface area contributed by atoms with Crippen molar-refractivity contribution in [3.63, 3.8) is 0 Å². The summed E-state index contributed by atoms with van der Waals surface area (Å²) in [7, 11) is 1.57. The van der Waals surface area contributed by atoms with Crippen LogP contribution in [0.15, 0.2) is 91.3 Å². The lowest BCUT2D eigenvalue weighted by Gasteiger charge is -2.26. The third kappa shape index (κ3) is 6.75. The van der Waals surface area contributed by atoms with Gasteiger partial charge in [-0.3, -0.25) is 14.7 Å². The minimum atomic E-state index is -0.658. The molecule has 12 heteroatoms. The number of rotatable bonds is 11. The monoisotopic (exact) mass is 648 g/mol. The van der Waals surface area contributed by atoms with Gasteiger partial charge in [0.1, 0.15) is 11.4 Å². The Morgan fingerprint density at radius 1 is 0.938 bits per heavy atom. The molecule has 48 heavy (non-hydrogen) atoms. The van der Waals surface area contributed by atoms with E-state index in [9.17, 15) is 4.79 Å². The predicted octanol–water partition coefficient (Wildman–Crippen LogP) is 6.24. The maximum atomic E-state index is 15.4. The molecule has 3 aromatic heterocycles. The molecule has 1 aliphatic heterocycles. The van der Waals surface area contributed by atoms with E-state index in [2.05, 4.69) is 25.3 Å². The fourth-order valence-electron chi connectivity index (χ4n) is 5.60. The summed E-state index contributed by atoms with van der Waals surface area (Å²) in [4.78, 5) is 24.5. The highest BCUT2D eigenvalue weighted by Gasteiger charge is 2.17. The molecule has 1 amide bonds. The number of hydrogen-bond donors (Lipinski definition) is 1. The third-order valence-electron chi connectivity index (χ3n) is 8.04. The van der Waals surface area contributed by atoms with Crippen LogP contribution in [0.5, 0.6) is 23.0 Å². The van der Waals surface area contributed by atoms with Gasteiger partial charge in [-0.2, -0.15) is 5.10 Å². The van der Waals surface area contributed by atoms with E-state index in [1.165, 1.54) is 12.1 Å². The first-order valence-corrected chi connectivity index (χ1v) is 15.6. The van der Waals surface area contributed by atoms with Gasteiger partial charge in [0.05, 0.1) is 44.3 Å². The van der Waals surface area contributed by atoms with Crippen molar-refractivity contribution in [1.82, 2.24) is 24.5 Å². The molecule has 4 heterocycles. The summed E-state index contributed by atoms with van der Waals surface area (Å²) < 4.78 is 40.1. The van der Waals surface area contributed by atoms with Crippen LogP contribution in [0, 0.1) is 5.82 Å². The topological polar surface area (TPSA) is 112 Å². The molecule has 1 saturated heterocycles. The summed E-state index contributed by atoms with van der Waals surface area (Å²) in [6.45, 7) is 4.84. The van der Waals surface area contributed by atoms with E-state index >= 15 is 4.39 Å². The van der Waals surface area contributed by atoms with Crippen LogP contribution in [0.1, 0.15) is 16.9 Å². The van der Waals surface area contributed by atoms with Crippen molar-refractivity contribution in [2.45, 2.75) is 6.42 Å².